The van der Waals surface area contributed by atoms with E-state index >= 15 is 0 Å². The highest BCUT2D eigenvalue weighted by atomic mass is 16.5. The van der Waals surface area contributed by atoms with Crippen molar-refractivity contribution < 1.29 is 9.53 Å². The zero-order valence-corrected chi connectivity index (χ0v) is 10.8. The lowest BCUT2D eigenvalue weighted by Gasteiger charge is -2.22. The van der Waals surface area contributed by atoms with Crippen LogP contribution in [0.4, 0.5) is 11.4 Å². The van der Waals surface area contributed by atoms with Crippen LogP contribution in [-0.4, -0.2) is 19.1 Å². The second-order valence-electron chi connectivity index (χ2n) is 4.48. The van der Waals surface area contributed by atoms with Crippen LogP contribution in [0.5, 0.6) is 0 Å². The van der Waals surface area contributed by atoms with E-state index in [9.17, 15) is 4.79 Å². The average Bonchev–Trinajstić information content (AvgIpc) is 2.26. The van der Waals surface area contributed by atoms with Crippen molar-refractivity contribution in [3.8, 4) is 0 Å². The molecule has 1 unspecified atom stereocenters. The highest BCUT2D eigenvalue weighted by molar-refractivity contribution is 5.81. The largest absolute Gasteiger partial charge is 0.467 e. The number of esters is 1. The van der Waals surface area contributed by atoms with Gasteiger partial charge in [0.1, 0.15) is 6.04 Å². The van der Waals surface area contributed by atoms with Gasteiger partial charge in [-0.05, 0) is 30.5 Å². The number of nitrogen functional groups attached to an aromatic ring is 1. The van der Waals surface area contributed by atoms with E-state index in [0.29, 0.717) is 5.69 Å². The molecule has 4 heteroatoms. The highest BCUT2D eigenvalue weighted by Gasteiger charge is 2.23. The van der Waals surface area contributed by atoms with Gasteiger partial charge in [-0.15, -0.1) is 0 Å². The molecule has 0 saturated carbocycles. The molecular formula is C13H20N2O2. The molecule has 1 rings (SSSR count). The molecule has 0 radical (unpaired) electrons. The molecule has 94 valence electrons. The van der Waals surface area contributed by atoms with Crippen LogP contribution in [-0.2, 0) is 9.53 Å². The molecule has 1 aromatic rings. The van der Waals surface area contributed by atoms with E-state index in [-0.39, 0.29) is 17.9 Å². The number of hydrogen-bond donors (Lipinski definition) is 2. The van der Waals surface area contributed by atoms with E-state index in [1.807, 2.05) is 39.0 Å². The van der Waals surface area contributed by atoms with E-state index < -0.39 is 0 Å². The molecule has 4 nitrogen and oxygen atoms in total. The Morgan fingerprint density at radius 2 is 2.06 bits per heavy atom. The molecule has 0 fully saturated rings. The fourth-order valence-electron chi connectivity index (χ4n) is 1.61. The third-order valence-corrected chi connectivity index (χ3v) is 2.64. The number of ether oxygens (including phenoxy) is 1. The van der Waals surface area contributed by atoms with Crippen molar-refractivity contribution in [2.45, 2.75) is 26.8 Å². The van der Waals surface area contributed by atoms with E-state index in [0.717, 1.165) is 11.3 Å². The summed E-state index contributed by atoms with van der Waals surface area (Å²) >= 11 is 0. The van der Waals surface area contributed by atoms with Crippen molar-refractivity contribution in [3.63, 3.8) is 0 Å². The molecule has 3 N–H and O–H groups in total. The molecule has 0 aliphatic heterocycles. The number of aryl methyl sites for hydroxylation is 1. The number of carbonyl (C=O) groups excluding carboxylic acids is 1. The number of methoxy groups -OCH3 is 1. The Balaban J connectivity index is 2.90. The first-order valence-corrected chi connectivity index (χ1v) is 5.66. The van der Waals surface area contributed by atoms with Crippen molar-refractivity contribution in [1.82, 2.24) is 0 Å². The second-order valence-corrected chi connectivity index (χ2v) is 4.48. The third kappa shape index (κ3) is 3.37. The first-order valence-electron chi connectivity index (χ1n) is 5.66. The zero-order chi connectivity index (χ0) is 13.0. The van der Waals surface area contributed by atoms with E-state index in [2.05, 4.69) is 5.32 Å². The van der Waals surface area contributed by atoms with Crippen LogP contribution in [0.3, 0.4) is 0 Å². The van der Waals surface area contributed by atoms with Gasteiger partial charge in [0.05, 0.1) is 18.5 Å². The molecule has 0 heterocycles. The Kier molecular flexibility index (Phi) is 4.37. The van der Waals surface area contributed by atoms with Gasteiger partial charge < -0.3 is 15.8 Å². The fraction of sp³-hybridized carbons (Fsp3) is 0.462. The van der Waals surface area contributed by atoms with Gasteiger partial charge in [-0.3, -0.25) is 0 Å². The molecule has 17 heavy (non-hydrogen) atoms. The van der Waals surface area contributed by atoms with E-state index in [4.69, 9.17) is 10.5 Å². The van der Waals surface area contributed by atoms with Crippen molar-refractivity contribution in [2.24, 2.45) is 5.92 Å². The number of carbonyl (C=O) groups is 1. The molecule has 0 spiro atoms. The maximum atomic E-state index is 11.6. The first-order chi connectivity index (χ1) is 7.95. The minimum absolute atomic E-state index is 0.128. The zero-order valence-electron chi connectivity index (χ0n) is 10.8. The van der Waals surface area contributed by atoms with Gasteiger partial charge in [-0.1, -0.05) is 19.9 Å². The highest BCUT2D eigenvalue weighted by Crippen LogP contribution is 2.22. The molecule has 0 amide bonds. The van der Waals surface area contributed by atoms with Crippen LogP contribution in [0, 0.1) is 12.8 Å². The second kappa shape index (κ2) is 5.57. The van der Waals surface area contributed by atoms with Crippen LogP contribution in [0.2, 0.25) is 0 Å². The maximum Gasteiger partial charge on any atom is 0.328 e. The predicted octanol–water partition coefficient (Wildman–Crippen LogP) is 2.19. The SMILES string of the molecule is COC(=O)C(Nc1ccc(C)cc1N)C(C)C. The van der Waals surface area contributed by atoms with Crippen molar-refractivity contribution >= 4 is 17.3 Å². The van der Waals surface area contributed by atoms with Crippen LogP contribution in [0.1, 0.15) is 19.4 Å². The Morgan fingerprint density at radius 1 is 1.41 bits per heavy atom. The van der Waals surface area contributed by atoms with Crippen LogP contribution >= 0.6 is 0 Å². The van der Waals surface area contributed by atoms with Gasteiger partial charge in [0.25, 0.3) is 0 Å². The summed E-state index contributed by atoms with van der Waals surface area (Å²) in [5.74, 6) is -0.150. The Morgan fingerprint density at radius 3 is 2.53 bits per heavy atom. The molecular weight excluding hydrogens is 216 g/mol. The van der Waals surface area contributed by atoms with E-state index in [1.165, 1.54) is 7.11 Å². The smallest absolute Gasteiger partial charge is 0.328 e. The average molecular weight is 236 g/mol. The van der Waals surface area contributed by atoms with Crippen LogP contribution in [0.15, 0.2) is 18.2 Å². The molecule has 1 atom stereocenters. The summed E-state index contributed by atoms with van der Waals surface area (Å²) in [5.41, 5.74) is 8.39. The number of hydrogen-bond acceptors (Lipinski definition) is 4. The number of benzene rings is 1. The quantitative estimate of drug-likeness (QED) is 0.621. The number of nitrogens with one attached hydrogen (secondary N) is 1. The summed E-state index contributed by atoms with van der Waals surface area (Å²) in [5, 5.41) is 3.13. The Bertz CT molecular complexity index is 402. The molecule has 0 aliphatic carbocycles. The number of rotatable bonds is 4. The molecule has 1 aromatic carbocycles. The minimum Gasteiger partial charge on any atom is -0.467 e. The lowest BCUT2D eigenvalue weighted by Crippen LogP contribution is -2.35. The van der Waals surface area contributed by atoms with Gasteiger partial charge in [0.2, 0.25) is 0 Å². The normalized spacial score (nSPS) is 12.3. The summed E-state index contributed by atoms with van der Waals surface area (Å²) in [6.07, 6.45) is 0. The van der Waals surface area contributed by atoms with Gasteiger partial charge in [0.15, 0.2) is 0 Å². The summed E-state index contributed by atoms with van der Waals surface area (Å²) < 4.78 is 4.77. The molecule has 0 saturated heterocycles. The first kappa shape index (κ1) is 13.4. The Labute approximate surface area is 102 Å². The number of anilines is 2. The van der Waals surface area contributed by atoms with Crippen LogP contribution < -0.4 is 11.1 Å². The summed E-state index contributed by atoms with van der Waals surface area (Å²) in [6.45, 7) is 5.89. The molecule has 0 bridgehead atoms. The standard InChI is InChI=1S/C13H20N2O2/c1-8(2)12(13(16)17-4)15-11-6-5-9(3)7-10(11)14/h5-8,12,15H,14H2,1-4H3. The third-order valence-electron chi connectivity index (χ3n) is 2.64. The van der Waals surface area contributed by atoms with Gasteiger partial charge >= 0.3 is 5.97 Å². The van der Waals surface area contributed by atoms with Gasteiger partial charge in [-0.25, -0.2) is 4.79 Å². The Hall–Kier alpha value is -1.71. The monoisotopic (exact) mass is 236 g/mol. The molecule has 0 aliphatic rings. The predicted molar refractivity (Wildman–Crippen MR) is 69.9 cm³/mol. The summed E-state index contributed by atoms with van der Waals surface area (Å²) in [7, 11) is 1.39. The minimum atomic E-state index is -0.384. The van der Waals surface area contributed by atoms with Crippen molar-refractivity contribution in [1.29, 1.82) is 0 Å². The van der Waals surface area contributed by atoms with Gasteiger partial charge in [-0.2, -0.15) is 0 Å². The maximum absolute atomic E-state index is 11.6. The lowest BCUT2D eigenvalue weighted by molar-refractivity contribution is -0.142. The van der Waals surface area contributed by atoms with Crippen molar-refractivity contribution in [3.05, 3.63) is 23.8 Å². The van der Waals surface area contributed by atoms with Gasteiger partial charge in [0, 0.05) is 0 Å². The number of nitrogens with two attached hydrogens (primary N) is 1. The van der Waals surface area contributed by atoms with E-state index in [1.54, 1.807) is 0 Å². The molecule has 0 aromatic heterocycles. The summed E-state index contributed by atoms with van der Waals surface area (Å²) in [4.78, 5) is 11.6. The lowest BCUT2D eigenvalue weighted by atomic mass is 10.0. The van der Waals surface area contributed by atoms with Crippen LogP contribution in [0.25, 0.3) is 0 Å². The van der Waals surface area contributed by atoms with Crippen molar-refractivity contribution in [2.75, 3.05) is 18.2 Å². The summed E-state index contributed by atoms with van der Waals surface area (Å²) in [6, 6.07) is 5.32. The fourth-order valence-corrected chi connectivity index (χ4v) is 1.61. The topological polar surface area (TPSA) is 64.3 Å².